The monoisotopic (exact) mass is 314 g/mol. The van der Waals surface area contributed by atoms with Crippen LogP contribution in [0.2, 0.25) is 0 Å². The van der Waals surface area contributed by atoms with Gasteiger partial charge in [-0.15, -0.1) is 0 Å². The SMILES string of the molecule is CC1(C)CC(NS(=O)(=O)c2ccc(C(=O)O)cn2)CCO1. The van der Waals surface area contributed by atoms with E-state index in [-0.39, 0.29) is 22.2 Å². The molecule has 1 aromatic rings. The van der Waals surface area contributed by atoms with Crippen LogP contribution in [0.5, 0.6) is 0 Å². The molecule has 0 bridgehead atoms. The van der Waals surface area contributed by atoms with E-state index in [4.69, 9.17) is 9.84 Å². The highest BCUT2D eigenvalue weighted by molar-refractivity contribution is 7.89. The lowest BCUT2D eigenvalue weighted by molar-refractivity contribution is -0.0599. The van der Waals surface area contributed by atoms with Crippen LogP contribution in [-0.4, -0.2) is 42.7 Å². The molecule has 0 aliphatic carbocycles. The molecule has 1 saturated heterocycles. The van der Waals surface area contributed by atoms with E-state index < -0.39 is 16.0 Å². The lowest BCUT2D eigenvalue weighted by Crippen LogP contribution is -2.45. The summed E-state index contributed by atoms with van der Waals surface area (Å²) in [5.41, 5.74) is -0.424. The molecule has 0 amide bonds. The third-order valence-electron chi connectivity index (χ3n) is 3.28. The first kappa shape index (κ1) is 15.9. The maximum atomic E-state index is 12.2. The van der Waals surface area contributed by atoms with Crippen molar-refractivity contribution in [3.63, 3.8) is 0 Å². The van der Waals surface area contributed by atoms with Crippen LogP contribution in [-0.2, 0) is 14.8 Å². The maximum Gasteiger partial charge on any atom is 0.337 e. The van der Waals surface area contributed by atoms with E-state index >= 15 is 0 Å². The van der Waals surface area contributed by atoms with Gasteiger partial charge in [0.2, 0.25) is 0 Å². The molecule has 2 rings (SSSR count). The normalized spacial score (nSPS) is 21.9. The second-order valence-electron chi connectivity index (χ2n) is 5.61. The number of pyridine rings is 1. The molecule has 1 atom stereocenters. The van der Waals surface area contributed by atoms with Gasteiger partial charge in [0.1, 0.15) is 0 Å². The van der Waals surface area contributed by atoms with Gasteiger partial charge in [-0.1, -0.05) is 0 Å². The molecule has 1 aliphatic rings. The van der Waals surface area contributed by atoms with Gasteiger partial charge < -0.3 is 9.84 Å². The Labute approximate surface area is 123 Å². The maximum absolute atomic E-state index is 12.2. The third-order valence-corrected chi connectivity index (χ3v) is 4.71. The fourth-order valence-corrected chi connectivity index (χ4v) is 3.48. The van der Waals surface area contributed by atoms with Crippen LogP contribution in [0.15, 0.2) is 23.4 Å². The highest BCUT2D eigenvalue weighted by Crippen LogP contribution is 2.24. The van der Waals surface area contributed by atoms with Crippen LogP contribution in [0.4, 0.5) is 0 Å². The van der Waals surface area contributed by atoms with Crippen molar-refractivity contribution in [2.24, 2.45) is 0 Å². The molecule has 1 aromatic heterocycles. The van der Waals surface area contributed by atoms with E-state index in [0.717, 1.165) is 6.20 Å². The van der Waals surface area contributed by atoms with Gasteiger partial charge in [-0.05, 0) is 38.8 Å². The summed E-state index contributed by atoms with van der Waals surface area (Å²) >= 11 is 0. The van der Waals surface area contributed by atoms with Crippen molar-refractivity contribution in [2.45, 2.75) is 43.4 Å². The summed E-state index contributed by atoms with van der Waals surface area (Å²) in [5, 5.41) is 8.59. The minimum atomic E-state index is -3.76. The van der Waals surface area contributed by atoms with Crippen LogP contribution < -0.4 is 4.72 Å². The Morgan fingerprint density at radius 2 is 2.19 bits per heavy atom. The molecule has 2 heterocycles. The number of carboxylic acid groups (broad SMARTS) is 1. The largest absolute Gasteiger partial charge is 0.478 e. The number of nitrogens with zero attached hydrogens (tertiary/aromatic N) is 1. The number of nitrogens with one attached hydrogen (secondary N) is 1. The van der Waals surface area contributed by atoms with Crippen molar-refractivity contribution >= 4 is 16.0 Å². The Morgan fingerprint density at radius 3 is 2.71 bits per heavy atom. The lowest BCUT2D eigenvalue weighted by Gasteiger charge is -2.35. The zero-order chi connectivity index (χ0) is 15.7. The van der Waals surface area contributed by atoms with E-state index in [2.05, 4.69) is 9.71 Å². The number of ether oxygens (including phenoxy) is 1. The topological polar surface area (TPSA) is 106 Å². The summed E-state index contributed by atoms with van der Waals surface area (Å²) in [6, 6.07) is 2.19. The molecular weight excluding hydrogens is 296 g/mol. The average Bonchev–Trinajstić information content (AvgIpc) is 2.37. The number of sulfonamides is 1. The highest BCUT2D eigenvalue weighted by atomic mass is 32.2. The van der Waals surface area contributed by atoms with Gasteiger partial charge >= 0.3 is 5.97 Å². The van der Waals surface area contributed by atoms with E-state index in [1.807, 2.05) is 13.8 Å². The van der Waals surface area contributed by atoms with E-state index in [1.165, 1.54) is 12.1 Å². The number of carboxylic acids is 1. The Hall–Kier alpha value is -1.51. The molecule has 0 aromatic carbocycles. The number of rotatable bonds is 4. The van der Waals surface area contributed by atoms with Gasteiger partial charge in [-0.2, -0.15) is 0 Å². The van der Waals surface area contributed by atoms with Gasteiger partial charge in [-0.25, -0.2) is 22.9 Å². The summed E-state index contributed by atoms with van der Waals surface area (Å²) in [6.07, 6.45) is 2.19. The molecule has 21 heavy (non-hydrogen) atoms. The summed E-state index contributed by atoms with van der Waals surface area (Å²) < 4.78 is 32.6. The van der Waals surface area contributed by atoms with Crippen LogP contribution in [0.3, 0.4) is 0 Å². The predicted molar refractivity (Wildman–Crippen MR) is 74.6 cm³/mol. The molecule has 0 spiro atoms. The van der Waals surface area contributed by atoms with Crippen molar-refractivity contribution in [1.82, 2.24) is 9.71 Å². The van der Waals surface area contributed by atoms with Crippen molar-refractivity contribution in [2.75, 3.05) is 6.61 Å². The van der Waals surface area contributed by atoms with Crippen LogP contribution in [0, 0.1) is 0 Å². The van der Waals surface area contributed by atoms with Crippen molar-refractivity contribution in [1.29, 1.82) is 0 Å². The number of hydrogen-bond donors (Lipinski definition) is 2. The first-order valence-corrected chi connectivity index (χ1v) is 8.04. The number of aromatic carboxylic acids is 1. The molecular formula is C13H18N2O5S. The fourth-order valence-electron chi connectivity index (χ4n) is 2.28. The molecule has 0 radical (unpaired) electrons. The first-order chi connectivity index (χ1) is 9.70. The molecule has 0 saturated carbocycles. The zero-order valence-electron chi connectivity index (χ0n) is 11.9. The van der Waals surface area contributed by atoms with Crippen molar-refractivity contribution in [3.05, 3.63) is 23.9 Å². The molecule has 8 heteroatoms. The molecule has 2 N–H and O–H groups in total. The summed E-state index contributed by atoms with van der Waals surface area (Å²) in [5.74, 6) is -1.15. The zero-order valence-corrected chi connectivity index (χ0v) is 12.7. The first-order valence-electron chi connectivity index (χ1n) is 6.55. The van der Waals surface area contributed by atoms with Gasteiger partial charge in [0.25, 0.3) is 10.0 Å². The average molecular weight is 314 g/mol. The van der Waals surface area contributed by atoms with Crippen molar-refractivity contribution < 1.29 is 23.1 Å². The van der Waals surface area contributed by atoms with Crippen molar-refractivity contribution in [3.8, 4) is 0 Å². The highest BCUT2D eigenvalue weighted by Gasteiger charge is 2.32. The summed E-state index contributed by atoms with van der Waals surface area (Å²) in [4.78, 5) is 14.4. The molecule has 1 unspecified atom stereocenters. The minimum absolute atomic E-state index is 0.0545. The Kier molecular flexibility index (Phi) is 4.31. The smallest absolute Gasteiger partial charge is 0.337 e. The third kappa shape index (κ3) is 3.99. The van der Waals surface area contributed by atoms with Gasteiger partial charge in [-0.3, -0.25) is 0 Å². The Balaban J connectivity index is 2.13. The van der Waals surface area contributed by atoms with E-state index in [9.17, 15) is 13.2 Å². The van der Waals surface area contributed by atoms with Crippen LogP contribution >= 0.6 is 0 Å². The van der Waals surface area contributed by atoms with Crippen LogP contribution in [0.1, 0.15) is 37.0 Å². The van der Waals surface area contributed by atoms with Gasteiger partial charge in [0.05, 0.1) is 11.2 Å². The molecule has 7 nitrogen and oxygen atoms in total. The van der Waals surface area contributed by atoms with E-state index in [1.54, 1.807) is 0 Å². The molecule has 1 aliphatic heterocycles. The Morgan fingerprint density at radius 1 is 1.48 bits per heavy atom. The van der Waals surface area contributed by atoms with Gasteiger partial charge in [0.15, 0.2) is 5.03 Å². The second kappa shape index (κ2) is 5.70. The number of aromatic nitrogens is 1. The molecule has 1 fully saturated rings. The van der Waals surface area contributed by atoms with E-state index in [0.29, 0.717) is 19.4 Å². The van der Waals surface area contributed by atoms with Crippen LogP contribution in [0.25, 0.3) is 0 Å². The Bertz CT molecular complexity index is 624. The number of carbonyl (C=O) groups is 1. The summed E-state index contributed by atoms with van der Waals surface area (Å²) in [6.45, 7) is 4.31. The standard InChI is InChI=1S/C13H18N2O5S/c1-13(2)7-10(5-6-20-13)15-21(18,19)11-4-3-9(8-14-11)12(16)17/h3-4,8,10,15H,5-7H2,1-2H3,(H,16,17). The lowest BCUT2D eigenvalue weighted by atomic mass is 9.95. The fraction of sp³-hybridized carbons (Fsp3) is 0.538. The predicted octanol–water partition coefficient (Wildman–Crippen LogP) is 1.02. The van der Waals surface area contributed by atoms with Gasteiger partial charge in [0, 0.05) is 18.8 Å². The summed E-state index contributed by atoms with van der Waals surface area (Å²) in [7, 11) is -3.76. The quantitative estimate of drug-likeness (QED) is 0.859. The second-order valence-corrected chi connectivity index (χ2v) is 7.27. The minimum Gasteiger partial charge on any atom is -0.478 e. The molecule has 116 valence electrons. The number of hydrogen-bond acceptors (Lipinski definition) is 5.